The molecule has 3 aromatic rings. The molecular formula is C27H28Cl2N2O2. The van der Waals surface area contributed by atoms with E-state index in [1.807, 2.05) is 67.6 Å². The van der Waals surface area contributed by atoms with Crippen molar-refractivity contribution in [3.63, 3.8) is 0 Å². The van der Waals surface area contributed by atoms with Gasteiger partial charge in [0.1, 0.15) is 6.04 Å². The number of aryl methyl sites for hydroxylation is 1. The second-order valence-electron chi connectivity index (χ2n) is 7.84. The molecule has 172 valence electrons. The number of amides is 2. The summed E-state index contributed by atoms with van der Waals surface area (Å²) in [5, 5.41) is 3.89. The van der Waals surface area contributed by atoms with Crippen molar-refractivity contribution in [3.05, 3.63) is 106 Å². The lowest BCUT2D eigenvalue weighted by Gasteiger charge is -2.32. The monoisotopic (exact) mass is 482 g/mol. The Bertz CT molecular complexity index is 1060. The molecule has 0 radical (unpaired) electrons. The SMILES string of the molecule is CCNC(=O)C(Cc1ccccc1)N(Cc1ccc(Cl)cc1Cl)C(=O)CCc1ccccc1. The summed E-state index contributed by atoms with van der Waals surface area (Å²) in [6, 6.07) is 24.1. The van der Waals surface area contributed by atoms with Crippen molar-refractivity contribution < 1.29 is 9.59 Å². The molecule has 1 unspecified atom stereocenters. The van der Waals surface area contributed by atoms with E-state index in [0.29, 0.717) is 35.9 Å². The minimum atomic E-state index is -0.664. The van der Waals surface area contributed by atoms with Crippen molar-refractivity contribution in [2.75, 3.05) is 6.54 Å². The first kappa shape index (κ1) is 24.8. The van der Waals surface area contributed by atoms with Gasteiger partial charge in [-0.15, -0.1) is 0 Å². The van der Waals surface area contributed by atoms with Crippen LogP contribution >= 0.6 is 23.2 Å². The lowest BCUT2D eigenvalue weighted by Crippen LogP contribution is -2.50. The van der Waals surface area contributed by atoms with Gasteiger partial charge in [0.15, 0.2) is 0 Å². The molecule has 3 aromatic carbocycles. The Morgan fingerprint density at radius 1 is 0.909 bits per heavy atom. The van der Waals surface area contributed by atoms with Gasteiger partial charge in [0, 0.05) is 36.0 Å². The molecule has 0 aliphatic heterocycles. The van der Waals surface area contributed by atoms with Crippen LogP contribution in [0.5, 0.6) is 0 Å². The second-order valence-corrected chi connectivity index (χ2v) is 8.69. The van der Waals surface area contributed by atoms with Gasteiger partial charge in [-0.05, 0) is 42.2 Å². The van der Waals surface area contributed by atoms with E-state index >= 15 is 0 Å². The van der Waals surface area contributed by atoms with Crippen LogP contribution in [0.2, 0.25) is 10.0 Å². The van der Waals surface area contributed by atoms with Crippen LogP contribution < -0.4 is 5.32 Å². The number of hydrogen-bond acceptors (Lipinski definition) is 2. The lowest BCUT2D eigenvalue weighted by atomic mass is 10.0. The third kappa shape index (κ3) is 7.34. The van der Waals surface area contributed by atoms with Gasteiger partial charge in [-0.3, -0.25) is 9.59 Å². The number of hydrogen-bond donors (Lipinski definition) is 1. The molecule has 2 amide bonds. The number of likely N-dealkylation sites (N-methyl/N-ethyl adjacent to an activating group) is 1. The number of benzene rings is 3. The predicted octanol–water partition coefficient (Wildman–Crippen LogP) is 5.70. The van der Waals surface area contributed by atoms with E-state index < -0.39 is 6.04 Å². The maximum absolute atomic E-state index is 13.5. The van der Waals surface area contributed by atoms with Crippen molar-refractivity contribution in [2.24, 2.45) is 0 Å². The van der Waals surface area contributed by atoms with Crippen LogP contribution in [0.1, 0.15) is 30.0 Å². The molecule has 1 N–H and O–H groups in total. The standard InChI is InChI=1S/C27H28Cl2N2O2/c1-2-30-27(33)25(17-21-11-7-4-8-12-21)31(19-22-14-15-23(28)18-24(22)29)26(32)16-13-20-9-5-3-6-10-20/h3-12,14-15,18,25H,2,13,16-17,19H2,1H3,(H,30,33). The Morgan fingerprint density at radius 3 is 2.15 bits per heavy atom. The van der Waals surface area contributed by atoms with E-state index in [-0.39, 0.29) is 18.4 Å². The van der Waals surface area contributed by atoms with E-state index in [1.165, 1.54) is 0 Å². The normalized spacial score (nSPS) is 11.6. The first-order chi connectivity index (χ1) is 16.0. The number of rotatable bonds is 10. The lowest BCUT2D eigenvalue weighted by molar-refractivity contribution is -0.141. The van der Waals surface area contributed by atoms with Crippen molar-refractivity contribution in [1.82, 2.24) is 10.2 Å². The van der Waals surface area contributed by atoms with Gasteiger partial charge in [0.2, 0.25) is 11.8 Å². The van der Waals surface area contributed by atoms with Gasteiger partial charge >= 0.3 is 0 Å². The zero-order chi connectivity index (χ0) is 23.6. The third-order valence-corrected chi connectivity index (χ3v) is 6.04. The molecule has 0 saturated heterocycles. The molecule has 0 bridgehead atoms. The molecule has 0 aliphatic rings. The molecule has 0 saturated carbocycles. The smallest absolute Gasteiger partial charge is 0.243 e. The minimum absolute atomic E-state index is 0.1000. The van der Waals surface area contributed by atoms with Gasteiger partial charge in [0.05, 0.1) is 0 Å². The molecule has 6 heteroatoms. The summed E-state index contributed by atoms with van der Waals surface area (Å²) in [6.07, 6.45) is 1.30. The molecule has 0 heterocycles. The van der Waals surface area contributed by atoms with Crippen LogP contribution in [-0.4, -0.2) is 29.3 Å². The fourth-order valence-electron chi connectivity index (χ4n) is 3.72. The summed E-state index contributed by atoms with van der Waals surface area (Å²) in [5.74, 6) is -0.281. The maximum atomic E-state index is 13.5. The highest BCUT2D eigenvalue weighted by Crippen LogP contribution is 2.24. The van der Waals surface area contributed by atoms with Crippen LogP contribution in [0.25, 0.3) is 0 Å². The quantitative estimate of drug-likeness (QED) is 0.402. The highest BCUT2D eigenvalue weighted by atomic mass is 35.5. The second kappa shape index (κ2) is 12.4. The van der Waals surface area contributed by atoms with Crippen molar-refractivity contribution in [2.45, 2.75) is 38.8 Å². The summed E-state index contributed by atoms with van der Waals surface area (Å²) >= 11 is 12.5. The number of nitrogens with zero attached hydrogens (tertiary/aromatic N) is 1. The highest BCUT2D eigenvalue weighted by molar-refractivity contribution is 6.35. The van der Waals surface area contributed by atoms with Crippen molar-refractivity contribution in [3.8, 4) is 0 Å². The Kier molecular flexibility index (Phi) is 9.35. The van der Waals surface area contributed by atoms with E-state index in [4.69, 9.17) is 23.2 Å². The average molecular weight is 483 g/mol. The van der Waals surface area contributed by atoms with Crippen LogP contribution in [0.15, 0.2) is 78.9 Å². The number of carbonyl (C=O) groups is 2. The first-order valence-electron chi connectivity index (χ1n) is 11.1. The molecule has 0 spiro atoms. The third-order valence-electron chi connectivity index (χ3n) is 5.45. The number of nitrogens with one attached hydrogen (secondary N) is 1. The summed E-state index contributed by atoms with van der Waals surface area (Å²) in [5.41, 5.74) is 2.81. The maximum Gasteiger partial charge on any atom is 0.243 e. The molecule has 33 heavy (non-hydrogen) atoms. The molecule has 0 aromatic heterocycles. The van der Waals surface area contributed by atoms with Gasteiger partial charge in [-0.1, -0.05) is 89.9 Å². The van der Waals surface area contributed by atoms with Gasteiger partial charge in [0.25, 0.3) is 0 Å². The first-order valence-corrected chi connectivity index (χ1v) is 11.8. The molecule has 0 aliphatic carbocycles. The Hall–Kier alpha value is -2.82. The zero-order valence-electron chi connectivity index (χ0n) is 18.6. The number of halogens is 2. The van der Waals surface area contributed by atoms with Crippen molar-refractivity contribution in [1.29, 1.82) is 0 Å². The summed E-state index contributed by atoms with van der Waals surface area (Å²) in [6.45, 7) is 2.57. The van der Waals surface area contributed by atoms with E-state index in [9.17, 15) is 9.59 Å². The highest BCUT2D eigenvalue weighted by Gasteiger charge is 2.30. The molecule has 4 nitrogen and oxygen atoms in total. The molecule has 1 atom stereocenters. The van der Waals surface area contributed by atoms with Gasteiger partial charge in [-0.2, -0.15) is 0 Å². The van der Waals surface area contributed by atoms with Crippen LogP contribution in [0.4, 0.5) is 0 Å². The fraction of sp³-hybridized carbons (Fsp3) is 0.259. The zero-order valence-corrected chi connectivity index (χ0v) is 20.1. The van der Waals surface area contributed by atoms with E-state index in [0.717, 1.165) is 16.7 Å². The van der Waals surface area contributed by atoms with Crippen LogP contribution in [0.3, 0.4) is 0 Å². The minimum Gasteiger partial charge on any atom is -0.355 e. The van der Waals surface area contributed by atoms with Crippen molar-refractivity contribution >= 4 is 35.0 Å². The number of carbonyl (C=O) groups excluding carboxylic acids is 2. The molecule has 0 fully saturated rings. The Morgan fingerprint density at radius 2 is 1.55 bits per heavy atom. The van der Waals surface area contributed by atoms with E-state index in [1.54, 1.807) is 23.1 Å². The Labute approximate surface area is 205 Å². The summed E-state index contributed by atoms with van der Waals surface area (Å²) in [7, 11) is 0. The average Bonchev–Trinajstić information content (AvgIpc) is 2.82. The van der Waals surface area contributed by atoms with Crippen LogP contribution in [0, 0.1) is 0 Å². The topological polar surface area (TPSA) is 49.4 Å². The fourth-order valence-corrected chi connectivity index (χ4v) is 4.19. The largest absolute Gasteiger partial charge is 0.355 e. The van der Waals surface area contributed by atoms with Crippen LogP contribution in [-0.2, 0) is 29.0 Å². The molecular weight excluding hydrogens is 455 g/mol. The van der Waals surface area contributed by atoms with E-state index in [2.05, 4.69) is 5.32 Å². The summed E-state index contributed by atoms with van der Waals surface area (Å²) < 4.78 is 0. The molecule has 3 rings (SSSR count). The van der Waals surface area contributed by atoms with Gasteiger partial charge < -0.3 is 10.2 Å². The van der Waals surface area contributed by atoms with Gasteiger partial charge in [-0.25, -0.2) is 0 Å². The predicted molar refractivity (Wildman–Crippen MR) is 134 cm³/mol. The summed E-state index contributed by atoms with van der Waals surface area (Å²) in [4.78, 5) is 28.3. The Balaban J connectivity index is 1.91.